The van der Waals surface area contributed by atoms with E-state index in [1.807, 2.05) is 29.3 Å². The van der Waals surface area contributed by atoms with Crippen LogP contribution in [0.3, 0.4) is 0 Å². The number of thiophene rings is 1. The minimum absolute atomic E-state index is 0.138. The monoisotopic (exact) mass is 304 g/mol. The number of carbonyl (C=O) groups is 1. The molecule has 0 unspecified atom stereocenters. The molecule has 5 heteroatoms. The molecule has 1 amide bonds. The Hall–Kier alpha value is -1.62. The number of rotatable bonds is 4. The molecule has 0 spiro atoms. The molecule has 2 aromatic rings. The highest BCUT2D eigenvalue weighted by Gasteiger charge is 2.34. The maximum atomic E-state index is 12.6. The molecular weight excluding hydrogens is 284 g/mol. The van der Waals surface area contributed by atoms with Gasteiger partial charge in [-0.1, -0.05) is 18.1 Å². The molecule has 4 nitrogen and oxygen atoms in total. The average Bonchev–Trinajstić information content (AvgIpc) is 3.17. The molecule has 1 aliphatic rings. The van der Waals surface area contributed by atoms with Crippen LogP contribution in [0, 0.1) is 6.92 Å². The van der Waals surface area contributed by atoms with Gasteiger partial charge < -0.3 is 9.42 Å². The molecule has 0 N–H and O–H groups in total. The van der Waals surface area contributed by atoms with E-state index < -0.39 is 0 Å². The first-order valence-electron chi connectivity index (χ1n) is 7.47. The smallest absolute Gasteiger partial charge is 0.228 e. The van der Waals surface area contributed by atoms with E-state index >= 15 is 0 Å². The molecule has 0 aromatic carbocycles. The van der Waals surface area contributed by atoms with E-state index in [2.05, 4.69) is 12.1 Å². The zero-order valence-electron chi connectivity index (χ0n) is 12.5. The van der Waals surface area contributed by atoms with Gasteiger partial charge in [-0.05, 0) is 31.2 Å². The van der Waals surface area contributed by atoms with Crippen molar-refractivity contribution in [2.24, 2.45) is 0 Å². The molecule has 0 saturated carbocycles. The van der Waals surface area contributed by atoms with E-state index in [1.54, 1.807) is 11.3 Å². The van der Waals surface area contributed by atoms with Crippen molar-refractivity contribution < 1.29 is 9.32 Å². The summed E-state index contributed by atoms with van der Waals surface area (Å²) in [7, 11) is 0. The molecule has 1 aliphatic heterocycles. The van der Waals surface area contributed by atoms with Crippen molar-refractivity contribution >= 4 is 17.2 Å². The van der Waals surface area contributed by atoms with Crippen LogP contribution in [0.5, 0.6) is 0 Å². The van der Waals surface area contributed by atoms with Crippen LogP contribution in [0.25, 0.3) is 0 Å². The summed E-state index contributed by atoms with van der Waals surface area (Å²) in [5.74, 6) is 1.14. The van der Waals surface area contributed by atoms with Crippen molar-refractivity contribution in [2.75, 3.05) is 6.54 Å². The Bertz CT molecular complexity index is 618. The Balaban J connectivity index is 1.82. The van der Waals surface area contributed by atoms with Crippen LogP contribution in [-0.4, -0.2) is 22.5 Å². The predicted octanol–water partition coefficient (Wildman–Crippen LogP) is 3.51. The highest BCUT2D eigenvalue weighted by Crippen LogP contribution is 2.36. The van der Waals surface area contributed by atoms with E-state index in [1.165, 1.54) is 0 Å². The van der Waals surface area contributed by atoms with Gasteiger partial charge in [0.1, 0.15) is 5.76 Å². The number of likely N-dealkylation sites (tertiary alicyclic amines) is 1. The van der Waals surface area contributed by atoms with E-state index in [-0.39, 0.29) is 11.9 Å². The summed E-state index contributed by atoms with van der Waals surface area (Å²) in [6.45, 7) is 4.87. The third-order valence-corrected chi connectivity index (χ3v) is 4.99. The lowest BCUT2D eigenvalue weighted by Gasteiger charge is -2.25. The van der Waals surface area contributed by atoms with Crippen LogP contribution in [0.1, 0.15) is 47.7 Å². The van der Waals surface area contributed by atoms with Crippen LogP contribution in [0.4, 0.5) is 0 Å². The summed E-state index contributed by atoms with van der Waals surface area (Å²) < 4.78 is 5.41. The van der Waals surface area contributed by atoms with Crippen molar-refractivity contribution in [1.29, 1.82) is 0 Å². The Morgan fingerprint density at radius 3 is 3.14 bits per heavy atom. The zero-order chi connectivity index (χ0) is 14.8. The maximum absolute atomic E-state index is 12.6. The second kappa shape index (κ2) is 6.02. The van der Waals surface area contributed by atoms with Crippen molar-refractivity contribution in [2.45, 2.75) is 45.6 Å². The standard InChI is InChI=1S/C16H20N2O2S/c1-3-14-16(11(2)17-20-14)13-7-4-8-18(13)15(19)10-12-6-5-9-21-12/h5-6,9,13H,3-4,7-8,10H2,1-2H3/t13-/m1/s1. The number of hydrogen-bond acceptors (Lipinski definition) is 4. The first-order valence-corrected chi connectivity index (χ1v) is 8.35. The summed E-state index contributed by atoms with van der Waals surface area (Å²) in [6.07, 6.45) is 3.37. The Labute approximate surface area is 128 Å². The van der Waals surface area contributed by atoms with Crippen molar-refractivity contribution in [1.82, 2.24) is 10.1 Å². The average molecular weight is 304 g/mol. The molecule has 112 valence electrons. The number of aromatic nitrogens is 1. The van der Waals surface area contributed by atoms with E-state index in [4.69, 9.17) is 4.52 Å². The first-order chi connectivity index (χ1) is 10.2. The molecule has 21 heavy (non-hydrogen) atoms. The fraction of sp³-hybridized carbons (Fsp3) is 0.500. The van der Waals surface area contributed by atoms with Crippen LogP contribution in [0.2, 0.25) is 0 Å². The predicted molar refractivity (Wildman–Crippen MR) is 82.3 cm³/mol. The zero-order valence-corrected chi connectivity index (χ0v) is 13.3. The second-order valence-electron chi connectivity index (χ2n) is 5.46. The molecule has 3 rings (SSSR count). The number of nitrogens with zero attached hydrogens (tertiary/aromatic N) is 2. The Kier molecular flexibility index (Phi) is 4.10. The molecule has 1 fully saturated rings. The molecule has 1 saturated heterocycles. The van der Waals surface area contributed by atoms with Gasteiger partial charge in [-0.25, -0.2) is 0 Å². The highest BCUT2D eigenvalue weighted by molar-refractivity contribution is 7.10. The summed E-state index contributed by atoms with van der Waals surface area (Å²) >= 11 is 1.64. The number of carbonyl (C=O) groups excluding carboxylic acids is 1. The topological polar surface area (TPSA) is 46.3 Å². The Morgan fingerprint density at radius 2 is 2.43 bits per heavy atom. The molecule has 0 bridgehead atoms. The molecule has 1 atom stereocenters. The fourth-order valence-electron chi connectivity index (χ4n) is 3.13. The van der Waals surface area contributed by atoms with Crippen molar-refractivity contribution in [3.05, 3.63) is 39.4 Å². The SMILES string of the molecule is CCc1onc(C)c1[C@H]1CCCN1C(=O)Cc1cccs1. The van der Waals surface area contributed by atoms with E-state index in [0.717, 1.165) is 47.7 Å². The highest BCUT2D eigenvalue weighted by atomic mass is 32.1. The van der Waals surface area contributed by atoms with Crippen LogP contribution in [0.15, 0.2) is 22.0 Å². The largest absolute Gasteiger partial charge is 0.361 e. The third kappa shape index (κ3) is 2.75. The maximum Gasteiger partial charge on any atom is 0.228 e. The summed E-state index contributed by atoms with van der Waals surface area (Å²) in [5, 5.41) is 6.11. The van der Waals surface area contributed by atoms with Gasteiger partial charge in [-0.3, -0.25) is 4.79 Å². The van der Waals surface area contributed by atoms with Crippen LogP contribution in [-0.2, 0) is 17.6 Å². The first kappa shape index (κ1) is 14.3. The fourth-order valence-corrected chi connectivity index (χ4v) is 3.83. The third-order valence-electron chi connectivity index (χ3n) is 4.12. The molecule has 0 aliphatic carbocycles. The van der Waals surface area contributed by atoms with Crippen LogP contribution < -0.4 is 0 Å². The van der Waals surface area contributed by atoms with Gasteiger partial charge >= 0.3 is 0 Å². The van der Waals surface area contributed by atoms with Crippen molar-refractivity contribution in [3.8, 4) is 0 Å². The lowest BCUT2D eigenvalue weighted by atomic mass is 10.0. The second-order valence-corrected chi connectivity index (χ2v) is 6.49. The number of hydrogen-bond donors (Lipinski definition) is 0. The van der Waals surface area contributed by atoms with Gasteiger partial charge in [-0.2, -0.15) is 0 Å². The quantitative estimate of drug-likeness (QED) is 0.868. The minimum Gasteiger partial charge on any atom is -0.361 e. The normalized spacial score (nSPS) is 18.4. The summed E-state index contributed by atoms with van der Waals surface area (Å²) in [6, 6.07) is 4.16. The molecule has 0 radical (unpaired) electrons. The van der Waals surface area contributed by atoms with Gasteiger partial charge in [0.05, 0.1) is 18.2 Å². The van der Waals surface area contributed by atoms with Gasteiger partial charge in [0.2, 0.25) is 5.91 Å². The number of amides is 1. The molecule has 3 heterocycles. The Morgan fingerprint density at radius 1 is 1.57 bits per heavy atom. The van der Waals surface area contributed by atoms with Gasteiger partial charge in [-0.15, -0.1) is 11.3 Å². The summed E-state index contributed by atoms with van der Waals surface area (Å²) in [5.41, 5.74) is 2.06. The van der Waals surface area contributed by atoms with Gasteiger partial charge in [0, 0.05) is 23.4 Å². The number of aryl methyl sites for hydroxylation is 2. The lowest BCUT2D eigenvalue weighted by Crippen LogP contribution is -2.32. The van der Waals surface area contributed by atoms with E-state index in [0.29, 0.717) is 6.42 Å². The summed E-state index contributed by atoms with van der Waals surface area (Å²) in [4.78, 5) is 15.8. The minimum atomic E-state index is 0.138. The molecule has 2 aromatic heterocycles. The van der Waals surface area contributed by atoms with Crippen molar-refractivity contribution in [3.63, 3.8) is 0 Å². The van der Waals surface area contributed by atoms with Crippen LogP contribution >= 0.6 is 11.3 Å². The van der Waals surface area contributed by atoms with Gasteiger partial charge in [0.25, 0.3) is 0 Å². The van der Waals surface area contributed by atoms with E-state index in [9.17, 15) is 4.79 Å². The lowest BCUT2D eigenvalue weighted by molar-refractivity contribution is -0.131. The van der Waals surface area contributed by atoms with Gasteiger partial charge in [0.15, 0.2) is 0 Å². The molecular formula is C16H20N2O2S.